The van der Waals surface area contributed by atoms with Crippen molar-refractivity contribution in [3.05, 3.63) is 24.8 Å². The standard InChI is InChI=1S/C9H18.C7H12/c1-6-9(4,5)7-8(2)3;1-2-7-5-3-4-6-7/h6,8H,1,7H2,2-5H3;3,5,7H,2,4,6H2,1H3. The summed E-state index contributed by atoms with van der Waals surface area (Å²) in [5.74, 6) is 1.69. The first-order valence-corrected chi connectivity index (χ1v) is 6.71. The number of rotatable bonds is 4. The predicted octanol–water partition coefficient (Wildman–Crippen LogP) is 5.61. The van der Waals surface area contributed by atoms with Gasteiger partial charge in [0.05, 0.1) is 0 Å². The van der Waals surface area contributed by atoms with Crippen molar-refractivity contribution in [1.29, 1.82) is 0 Å². The summed E-state index contributed by atoms with van der Waals surface area (Å²) >= 11 is 0. The smallest absolute Gasteiger partial charge is 0.0175 e. The second kappa shape index (κ2) is 7.70. The van der Waals surface area contributed by atoms with Gasteiger partial charge in [-0.1, -0.05) is 52.8 Å². The van der Waals surface area contributed by atoms with Crippen molar-refractivity contribution >= 4 is 0 Å². The van der Waals surface area contributed by atoms with Gasteiger partial charge in [-0.15, -0.1) is 6.58 Å². The van der Waals surface area contributed by atoms with Crippen LogP contribution in [-0.4, -0.2) is 0 Å². The second-order valence-electron chi connectivity index (χ2n) is 5.96. The van der Waals surface area contributed by atoms with Gasteiger partial charge in [0, 0.05) is 0 Å². The molecular weight excluding hydrogens is 192 g/mol. The van der Waals surface area contributed by atoms with Crippen LogP contribution in [0.3, 0.4) is 0 Å². The van der Waals surface area contributed by atoms with E-state index in [1.54, 1.807) is 0 Å². The Balaban J connectivity index is 0.000000288. The van der Waals surface area contributed by atoms with E-state index in [-0.39, 0.29) is 0 Å². The monoisotopic (exact) mass is 222 g/mol. The SMILES string of the molecule is C=CC(C)(C)CC(C)C.CCC1C=CCC1. The Bertz CT molecular complexity index is 208. The summed E-state index contributed by atoms with van der Waals surface area (Å²) in [6.07, 6.45) is 11.9. The number of allylic oxidation sites excluding steroid dienone is 3. The molecule has 0 amide bonds. The molecule has 0 radical (unpaired) electrons. The average Bonchev–Trinajstić information content (AvgIpc) is 2.69. The van der Waals surface area contributed by atoms with Crippen LogP contribution in [0, 0.1) is 17.3 Å². The molecule has 0 aromatic heterocycles. The summed E-state index contributed by atoms with van der Waals surface area (Å²) in [5, 5.41) is 0. The highest BCUT2D eigenvalue weighted by atomic mass is 14.2. The maximum absolute atomic E-state index is 3.79. The van der Waals surface area contributed by atoms with E-state index in [2.05, 4.69) is 53.3 Å². The third kappa shape index (κ3) is 7.73. The lowest BCUT2D eigenvalue weighted by Crippen LogP contribution is -2.09. The highest BCUT2D eigenvalue weighted by Crippen LogP contribution is 2.25. The van der Waals surface area contributed by atoms with Crippen LogP contribution in [0.1, 0.15) is 60.3 Å². The summed E-state index contributed by atoms with van der Waals surface area (Å²) in [4.78, 5) is 0. The van der Waals surface area contributed by atoms with Gasteiger partial charge >= 0.3 is 0 Å². The third-order valence-corrected chi connectivity index (χ3v) is 3.12. The fourth-order valence-corrected chi connectivity index (χ4v) is 2.17. The maximum atomic E-state index is 3.79. The van der Waals surface area contributed by atoms with Gasteiger partial charge < -0.3 is 0 Å². The van der Waals surface area contributed by atoms with Crippen LogP contribution in [0.15, 0.2) is 24.8 Å². The highest BCUT2D eigenvalue weighted by Gasteiger charge is 2.13. The Morgan fingerprint density at radius 2 is 2.06 bits per heavy atom. The van der Waals surface area contributed by atoms with Crippen molar-refractivity contribution in [2.75, 3.05) is 0 Å². The van der Waals surface area contributed by atoms with Crippen molar-refractivity contribution in [1.82, 2.24) is 0 Å². The van der Waals surface area contributed by atoms with Crippen LogP contribution >= 0.6 is 0 Å². The predicted molar refractivity (Wildman–Crippen MR) is 75.6 cm³/mol. The molecule has 0 aliphatic heterocycles. The maximum Gasteiger partial charge on any atom is -0.0175 e. The number of hydrogen-bond donors (Lipinski definition) is 0. The summed E-state index contributed by atoms with van der Waals surface area (Å²) in [6.45, 7) is 15.0. The molecule has 0 spiro atoms. The van der Waals surface area contributed by atoms with Crippen LogP contribution in [-0.2, 0) is 0 Å². The van der Waals surface area contributed by atoms with Crippen LogP contribution < -0.4 is 0 Å². The normalized spacial score (nSPS) is 19.5. The molecule has 0 aromatic carbocycles. The summed E-state index contributed by atoms with van der Waals surface area (Å²) in [5.41, 5.74) is 0.328. The molecule has 1 aliphatic carbocycles. The molecular formula is C16H30. The topological polar surface area (TPSA) is 0 Å². The molecule has 1 rings (SSSR count). The molecule has 0 N–H and O–H groups in total. The molecule has 0 heterocycles. The van der Waals surface area contributed by atoms with E-state index < -0.39 is 0 Å². The van der Waals surface area contributed by atoms with E-state index >= 15 is 0 Å². The van der Waals surface area contributed by atoms with E-state index in [9.17, 15) is 0 Å². The molecule has 0 bridgehead atoms. The third-order valence-electron chi connectivity index (χ3n) is 3.12. The second-order valence-corrected chi connectivity index (χ2v) is 5.96. The van der Waals surface area contributed by atoms with Gasteiger partial charge in [0.1, 0.15) is 0 Å². The molecule has 0 nitrogen and oxygen atoms in total. The first-order valence-electron chi connectivity index (χ1n) is 6.71. The Morgan fingerprint density at radius 3 is 2.25 bits per heavy atom. The van der Waals surface area contributed by atoms with E-state index in [1.165, 1.54) is 25.7 Å². The fourth-order valence-electron chi connectivity index (χ4n) is 2.17. The van der Waals surface area contributed by atoms with Crippen molar-refractivity contribution < 1.29 is 0 Å². The van der Waals surface area contributed by atoms with Gasteiger partial charge in [0.25, 0.3) is 0 Å². The molecule has 0 saturated carbocycles. The fraction of sp³-hybridized carbons (Fsp3) is 0.750. The number of hydrogen-bond acceptors (Lipinski definition) is 0. The summed E-state index contributed by atoms with van der Waals surface area (Å²) < 4.78 is 0. The minimum atomic E-state index is 0.328. The van der Waals surface area contributed by atoms with Crippen molar-refractivity contribution in [3.63, 3.8) is 0 Å². The van der Waals surface area contributed by atoms with Gasteiger partial charge in [-0.05, 0) is 42.9 Å². The molecule has 0 saturated heterocycles. The molecule has 0 heteroatoms. The largest absolute Gasteiger partial charge is 0.103 e. The van der Waals surface area contributed by atoms with Gasteiger partial charge in [0.15, 0.2) is 0 Å². The average molecular weight is 222 g/mol. The lowest BCUT2D eigenvalue weighted by Gasteiger charge is -2.21. The molecule has 94 valence electrons. The molecule has 1 unspecified atom stereocenters. The summed E-state index contributed by atoms with van der Waals surface area (Å²) in [7, 11) is 0. The quantitative estimate of drug-likeness (QED) is 0.542. The van der Waals surface area contributed by atoms with E-state index in [1.807, 2.05) is 6.08 Å². The van der Waals surface area contributed by atoms with E-state index in [4.69, 9.17) is 0 Å². The lowest BCUT2D eigenvalue weighted by atomic mass is 9.84. The van der Waals surface area contributed by atoms with E-state index in [0.717, 1.165) is 11.8 Å². The minimum Gasteiger partial charge on any atom is -0.103 e. The molecule has 1 aliphatic rings. The zero-order valence-corrected chi connectivity index (χ0v) is 11.9. The van der Waals surface area contributed by atoms with Crippen LogP contribution in [0.2, 0.25) is 0 Å². The van der Waals surface area contributed by atoms with Crippen LogP contribution in [0.4, 0.5) is 0 Å². The molecule has 1 atom stereocenters. The van der Waals surface area contributed by atoms with Gasteiger partial charge in [-0.25, -0.2) is 0 Å². The first kappa shape index (κ1) is 15.5. The lowest BCUT2D eigenvalue weighted by molar-refractivity contribution is 0.367. The van der Waals surface area contributed by atoms with Crippen molar-refractivity contribution in [3.8, 4) is 0 Å². The first-order chi connectivity index (χ1) is 7.41. The zero-order valence-electron chi connectivity index (χ0n) is 11.9. The van der Waals surface area contributed by atoms with Crippen LogP contribution in [0.5, 0.6) is 0 Å². The minimum absolute atomic E-state index is 0.328. The van der Waals surface area contributed by atoms with Gasteiger partial charge in [-0.2, -0.15) is 0 Å². The van der Waals surface area contributed by atoms with Crippen molar-refractivity contribution in [2.45, 2.75) is 60.3 Å². The summed E-state index contributed by atoms with van der Waals surface area (Å²) in [6, 6.07) is 0. The van der Waals surface area contributed by atoms with Crippen molar-refractivity contribution in [2.24, 2.45) is 17.3 Å². The Hall–Kier alpha value is -0.520. The van der Waals surface area contributed by atoms with Crippen LogP contribution in [0.25, 0.3) is 0 Å². The van der Waals surface area contributed by atoms with E-state index in [0.29, 0.717) is 5.41 Å². The zero-order chi connectivity index (χ0) is 12.6. The highest BCUT2D eigenvalue weighted by molar-refractivity contribution is 4.95. The van der Waals surface area contributed by atoms with Gasteiger partial charge in [0.2, 0.25) is 0 Å². The Morgan fingerprint density at radius 1 is 1.44 bits per heavy atom. The molecule has 0 aromatic rings. The Labute approximate surface area is 103 Å². The molecule has 0 fully saturated rings. The molecule has 16 heavy (non-hydrogen) atoms. The van der Waals surface area contributed by atoms with Gasteiger partial charge in [-0.3, -0.25) is 0 Å². The Kier molecular flexibility index (Phi) is 7.45.